The maximum absolute atomic E-state index is 11.6. The van der Waals surface area contributed by atoms with E-state index in [1.54, 1.807) is 0 Å². The van der Waals surface area contributed by atoms with Crippen molar-refractivity contribution < 1.29 is 19.1 Å². The summed E-state index contributed by atoms with van der Waals surface area (Å²) in [5, 5.41) is 0. The molecule has 0 N–H and O–H groups in total. The minimum absolute atomic E-state index is 0.00364. The number of carbonyl (C=O) groups excluding carboxylic acids is 2. The number of halogens is 1. The third-order valence-corrected chi connectivity index (χ3v) is 4.91. The highest BCUT2D eigenvalue weighted by Crippen LogP contribution is 2.56. The van der Waals surface area contributed by atoms with Gasteiger partial charge in [-0.2, -0.15) is 0 Å². The van der Waals surface area contributed by atoms with Gasteiger partial charge in [0, 0.05) is 11.8 Å². The zero-order valence-corrected chi connectivity index (χ0v) is 11.8. The SMILES string of the molecule is CC(I)C(=O)OC1CC2CC1C1C(=O)OCC21. The smallest absolute Gasteiger partial charge is 0.318 e. The van der Waals surface area contributed by atoms with Crippen molar-refractivity contribution in [3.8, 4) is 0 Å². The standard InChI is InChI=1S/C12H15IO4/c1-5(13)11(14)17-9-3-6-2-7(9)10-8(6)4-16-12(10)15/h5-10H,2-4H2,1H3. The average molecular weight is 350 g/mol. The van der Waals surface area contributed by atoms with Gasteiger partial charge in [-0.25, -0.2) is 0 Å². The second kappa shape index (κ2) is 4.10. The number of hydrogen-bond acceptors (Lipinski definition) is 4. The number of alkyl halides is 1. The second-order valence-corrected chi connectivity index (χ2v) is 7.17. The summed E-state index contributed by atoms with van der Waals surface area (Å²) in [5.74, 6) is 0.866. The number of esters is 2. The van der Waals surface area contributed by atoms with E-state index in [0.29, 0.717) is 18.4 Å². The van der Waals surface area contributed by atoms with Gasteiger partial charge in [0.05, 0.1) is 12.5 Å². The number of ether oxygens (including phenoxy) is 2. The molecule has 2 bridgehead atoms. The van der Waals surface area contributed by atoms with Crippen LogP contribution in [0, 0.1) is 23.7 Å². The predicted octanol–water partition coefficient (Wildman–Crippen LogP) is 1.55. The number of fused-ring (bicyclic) bond motifs is 5. The Morgan fingerprint density at radius 2 is 2.24 bits per heavy atom. The van der Waals surface area contributed by atoms with Gasteiger partial charge in [0.25, 0.3) is 0 Å². The van der Waals surface area contributed by atoms with Crippen LogP contribution in [0.15, 0.2) is 0 Å². The van der Waals surface area contributed by atoms with E-state index < -0.39 is 0 Å². The van der Waals surface area contributed by atoms with Crippen LogP contribution in [0.2, 0.25) is 0 Å². The Hall–Kier alpha value is -0.330. The van der Waals surface area contributed by atoms with Gasteiger partial charge >= 0.3 is 11.9 Å². The molecule has 4 nitrogen and oxygen atoms in total. The summed E-state index contributed by atoms with van der Waals surface area (Å²) in [6.45, 7) is 2.40. The maximum Gasteiger partial charge on any atom is 0.318 e. The Bertz CT molecular complexity index is 368. The summed E-state index contributed by atoms with van der Waals surface area (Å²) in [5.41, 5.74) is 0. The van der Waals surface area contributed by atoms with E-state index >= 15 is 0 Å². The van der Waals surface area contributed by atoms with Crippen LogP contribution < -0.4 is 0 Å². The fourth-order valence-corrected chi connectivity index (χ4v) is 3.80. The molecule has 2 saturated carbocycles. The van der Waals surface area contributed by atoms with E-state index in [-0.39, 0.29) is 33.8 Å². The molecule has 2 aliphatic carbocycles. The lowest BCUT2D eigenvalue weighted by atomic mass is 9.80. The van der Waals surface area contributed by atoms with E-state index in [1.807, 2.05) is 6.92 Å². The van der Waals surface area contributed by atoms with Crippen molar-refractivity contribution in [1.29, 1.82) is 0 Å². The van der Waals surface area contributed by atoms with E-state index in [1.165, 1.54) is 0 Å². The summed E-state index contributed by atoms with van der Waals surface area (Å²) in [6, 6.07) is 0. The van der Waals surface area contributed by atoms with Crippen molar-refractivity contribution in [2.24, 2.45) is 23.7 Å². The van der Waals surface area contributed by atoms with E-state index in [0.717, 1.165) is 12.8 Å². The Labute approximate surface area is 114 Å². The molecule has 1 saturated heterocycles. The zero-order valence-electron chi connectivity index (χ0n) is 9.60. The molecular weight excluding hydrogens is 335 g/mol. The van der Waals surface area contributed by atoms with Crippen LogP contribution in [0.5, 0.6) is 0 Å². The molecule has 0 amide bonds. The van der Waals surface area contributed by atoms with E-state index in [4.69, 9.17) is 9.47 Å². The highest BCUT2D eigenvalue weighted by atomic mass is 127. The van der Waals surface area contributed by atoms with Crippen LogP contribution in [-0.4, -0.2) is 28.6 Å². The highest BCUT2D eigenvalue weighted by molar-refractivity contribution is 14.1. The largest absolute Gasteiger partial charge is 0.465 e. The van der Waals surface area contributed by atoms with Gasteiger partial charge in [-0.15, -0.1) is 0 Å². The highest BCUT2D eigenvalue weighted by Gasteiger charge is 2.60. The number of rotatable bonds is 2. The molecule has 94 valence electrons. The molecule has 3 aliphatic rings. The molecule has 0 aromatic rings. The van der Waals surface area contributed by atoms with Crippen LogP contribution >= 0.6 is 22.6 Å². The summed E-state index contributed by atoms with van der Waals surface area (Å²) in [7, 11) is 0. The third-order valence-electron chi connectivity index (χ3n) is 4.40. The molecule has 0 radical (unpaired) electrons. The first-order valence-corrected chi connectivity index (χ1v) is 7.33. The normalized spacial score (nSPS) is 44.4. The quantitative estimate of drug-likeness (QED) is 0.431. The lowest BCUT2D eigenvalue weighted by Crippen LogP contribution is -2.36. The number of carbonyl (C=O) groups is 2. The summed E-state index contributed by atoms with van der Waals surface area (Å²) >= 11 is 2.05. The van der Waals surface area contributed by atoms with Crippen molar-refractivity contribution in [2.75, 3.05) is 6.61 Å². The fourth-order valence-electron chi connectivity index (χ4n) is 3.65. The van der Waals surface area contributed by atoms with E-state index in [2.05, 4.69) is 22.6 Å². The monoisotopic (exact) mass is 350 g/mol. The maximum atomic E-state index is 11.6. The van der Waals surface area contributed by atoms with Crippen molar-refractivity contribution in [3.63, 3.8) is 0 Å². The predicted molar refractivity (Wildman–Crippen MR) is 67.5 cm³/mol. The molecule has 0 aromatic heterocycles. The average Bonchev–Trinajstić information content (AvgIpc) is 2.91. The lowest BCUT2D eigenvalue weighted by Gasteiger charge is -2.28. The molecule has 6 unspecified atom stereocenters. The summed E-state index contributed by atoms with van der Waals surface area (Å²) in [6.07, 6.45) is 1.88. The summed E-state index contributed by atoms with van der Waals surface area (Å²) in [4.78, 5) is 23.2. The molecule has 5 heteroatoms. The summed E-state index contributed by atoms with van der Waals surface area (Å²) < 4.78 is 10.5. The van der Waals surface area contributed by atoms with Crippen LogP contribution in [0.4, 0.5) is 0 Å². The van der Waals surface area contributed by atoms with Crippen LogP contribution in [0.25, 0.3) is 0 Å². The minimum Gasteiger partial charge on any atom is -0.465 e. The minimum atomic E-state index is -0.161. The second-order valence-electron chi connectivity index (χ2n) is 5.31. The third kappa shape index (κ3) is 1.77. The molecule has 1 heterocycles. The molecule has 17 heavy (non-hydrogen) atoms. The van der Waals surface area contributed by atoms with Crippen molar-refractivity contribution in [1.82, 2.24) is 0 Å². The van der Waals surface area contributed by atoms with Crippen molar-refractivity contribution in [3.05, 3.63) is 0 Å². The van der Waals surface area contributed by atoms with Gasteiger partial charge in [-0.05, 0) is 25.7 Å². The first-order chi connectivity index (χ1) is 8.08. The topological polar surface area (TPSA) is 52.6 Å². The van der Waals surface area contributed by atoms with Crippen LogP contribution in [-0.2, 0) is 19.1 Å². The first-order valence-electron chi connectivity index (χ1n) is 6.09. The molecule has 0 spiro atoms. The first kappa shape index (κ1) is 11.7. The van der Waals surface area contributed by atoms with Crippen LogP contribution in [0.1, 0.15) is 19.8 Å². The molecule has 3 fully saturated rings. The lowest BCUT2D eigenvalue weighted by molar-refractivity contribution is -0.155. The van der Waals surface area contributed by atoms with Gasteiger partial charge in [-0.3, -0.25) is 9.59 Å². The molecule has 3 rings (SSSR count). The van der Waals surface area contributed by atoms with Crippen LogP contribution in [0.3, 0.4) is 0 Å². The molecular formula is C12H15IO4. The Kier molecular flexibility index (Phi) is 2.83. The van der Waals surface area contributed by atoms with Gasteiger partial charge in [0.2, 0.25) is 0 Å². The van der Waals surface area contributed by atoms with E-state index in [9.17, 15) is 9.59 Å². The number of hydrogen-bond donors (Lipinski definition) is 0. The Balaban J connectivity index is 1.71. The van der Waals surface area contributed by atoms with Gasteiger partial charge in [-0.1, -0.05) is 22.6 Å². The fraction of sp³-hybridized carbons (Fsp3) is 0.833. The molecule has 6 atom stereocenters. The van der Waals surface area contributed by atoms with Crippen molar-refractivity contribution in [2.45, 2.75) is 29.8 Å². The van der Waals surface area contributed by atoms with Crippen molar-refractivity contribution >= 4 is 34.5 Å². The Morgan fingerprint density at radius 1 is 1.47 bits per heavy atom. The Morgan fingerprint density at radius 3 is 2.94 bits per heavy atom. The number of cyclic esters (lactones) is 1. The molecule has 1 aliphatic heterocycles. The zero-order chi connectivity index (χ0) is 12.2. The van der Waals surface area contributed by atoms with Gasteiger partial charge < -0.3 is 9.47 Å². The van der Waals surface area contributed by atoms with Gasteiger partial charge in [0.15, 0.2) is 0 Å². The van der Waals surface area contributed by atoms with Gasteiger partial charge in [0.1, 0.15) is 10.0 Å². The molecule has 0 aromatic carbocycles.